The molecule has 0 saturated heterocycles. The van der Waals surface area contributed by atoms with Gasteiger partial charge in [-0.1, -0.05) is 13.3 Å². The van der Waals surface area contributed by atoms with E-state index in [2.05, 4.69) is 10.5 Å². The lowest BCUT2D eigenvalue weighted by atomic mass is 10.2. The average molecular weight is 202 g/mol. The molecule has 1 amide bonds. The monoisotopic (exact) mass is 202 g/mol. The second kappa shape index (κ2) is 6.81. The van der Waals surface area contributed by atoms with E-state index in [4.69, 9.17) is 5.73 Å². The number of hydrogen-bond acceptors (Lipinski definition) is 4. The molecule has 0 rings (SSSR count). The number of amidine groups is 1. The van der Waals surface area contributed by atoms with Crippen molar-refractivity contribution < 1.29 is 9.72 Å². The molecule has 0 aliphatic rings. The van der Waals surface area contributed by atoms with Gasteiger partial charge in [0.25, 0.3) is 6.54 Å². The Bertz CT molecular complexity index is 239. The van der Waals surface area contributed by atoms with Crippen LogP contribution in [0.2, 0.25) is 0 Å². The molecule has 0 saturated carbocycles. The van der Waals surface area contributed by atoms with Crippen LogP contribution in [-0.4, -0.2) is 23.2 Å². The molecule has 80 valence electrons. The highest BCUT2D eigenvalue weighted by atomic mass is 16.6. The maximum atomic E-state index is 10.9. The fourth-order valence-corrected chi connectivity index (χ4v) is 0.695. The van der Waals surface area contributed by atoms with Gasteiger partial charge < -0.3 is 5.73 Å². The largest absolute Gasteiger partial charge is 0.380 e. The fourth-order valence-electron chi connectivity index (χ4n) is 0.695. The Morgan fingerprint density at radius 2 is 2.29 bits per heavy atom. The highest BCUT2D eigenvalue weighted by Crippen LogP contribution is 1.92. The van der Waals surface area contributed by atoms with Crippen LogP contribution in [0.1, 0.15) is 26.2 Å². The predicted molar refractivity (Wildman–Crippen MR) is 51.2 cm³/mol. The Labute approximate surface area is 81.5 Å². The predicted octanol–water partition coefficient (Wildman–Crippen LogP) is -0.158. The zero-order valence-corrected chi connectivity index (χ0v) is 8.02. The number of nitro groups is 1. The Hall–Kier alpha value is -1.66. The van der Waals surface area contributed by atoms with Crippen LogP contribution in [0.15, 0.2) is 5.10 Å². The first kappa shape index (κ1) is 12.3. The van der Waals surface area contributed by atoms with Gasteiger partial charge in [0.2, 0.25) is 5.91 Å². The van der Waals surface area contributed by atoms with Gasteiger partial charge in [0.05, 0.1) is 0 Å². The maximum absolute atomic E-state index is 10.9. The van der Waals surface area contributed by atoms with Crippen molar-refractivity contribution in [3.05, 3.63) is 10.1 Å². The summed E-state index contributed by atoms with van der Waals surface area (Å²) in [5, 5.41) is 13.3. The van der Waals surface area contributed by atoms with Gasteiger partial charge in [0.15, 0.2) is 5.84 Å². The highest BCUT2D eigenvalue weighted by molar-refractivity contribution is 5.83. The van der Waals surface area contributed by atoms with E-state index in [9.17, 15) is 14.9 Å². The summed E-state index contributed by atoms with van der Waals surface area (Å²) in [5.74, 6) is -0.488. The van der Waals surface area contributed by atoms with E-state index in [0.717, 1.165) is 12.8 Å². The van der Waals surface area contributed by atoms with E-state index in [1.807, 2.05) is 6.92 Å². The molecule has 0 spiro atoms. The number of carbonyl (C=O) groups excluding carboxylic acids is 1. The summed E-state index contributed by atoms with van der Waals surface area (Å²) < 4.78 is 0. The Balaban J connectivity index is 3.78. The second-order valence-corrected chi connectivity index (χ2v) is 2.73. The van der Waals surface area contributed by atoms with Crippen molar-refractivity contribution in [1.29, 1.82) is 0 Å². The molecule has 0 aromatic rings. The van der Waals surface area contributed by atoms with Gasteiger partial charge >= 0.3 is 0 Å². The summed E-state index contributed by atoms with van der Waals surface area (Å²) in [6.45, 7) is 1.39. The normalized spacial score (nSPS) is 11.1. The lowest BCUT2D eigenvalue weighted by molar-refractivity contribution is -0.463. The third-order valence-electron chi connectivity index (χ3n) is 1.37. The molecule has 0 heterocycles. The molecule has 3 N–H and O–H groups in total. The van der Waals surface area contributed by atoms with E-state index in [-0.39, 0.29) is 11.7 Å². The van der Waals surface area contributed by atoms with E-state index >= 15 is 0 Å². The summed E-state index contributed by atoms with van der Waals surface area (Å²) in [5.41, 5.74) is 7.29. The van der Waals surface area contributed by atoms with Crippen LogP contribution in [0.5, 0.6) is 0 Å². The van der Waals surface area contributed by atoms with Crippen LogP contribution in [-0.2, 0) is 4.79 Å². The number of hydrogen-bond donors (Lipinski definition) is 2. The zero-order chi connectivity index (χ0) is 11.0. The van der Waals surface area contributed by atoms with Crippen molar-refractivity contribution in [2.45, 2.75) is 26.2 Å². The first-order valence-electron chi connectivity index (χ1n) is 4.29. The smallest absolute Gasteiger partial charge is 0.261 e. The van der Waals surface area contributed by atoms with Crippen molar-refractivity contribution in [2.75, 3.05) is 6.54 Å². The van der Waals surface area contributed by atoms with Gasteiger partial charge in [0.1, 0.15) is 0 Å². The Morgan fingerprint density at radius 1 is 1.64 bits per heavy atom. The number of hydrazone groups is 1. The Morgan fingerprint density at radius 3 is 2.79 bits per heavy atom. The maximum Gasteiger partial charge on any atom is 0.261 e. The third kappa shape index (κ3) is 7.01. The molecule has 0 atom stereocenters. The summed E-state index contributed by atoms with van der Waals surface area (Å²) >= 11 is 0. The molecule has 0 aromatic carbocycles. The summed E-state index contributed by atoms with van der Waals surface area (Å²) in [4.78, 5) is 20.3. The van der Waals surface area contributed by atoms with Crippen LogP contribution in [0.25, 0.3) is 0 Å². The minimum Gasteiger partial charge on any atom is -0.380 e. The SMILES string of the molecule is CCCCC(=O)NN=C(N)C[N+](=O)[O-]. The van der Waals surface area contributed by atoms with Crippen molar-refractivity contribution in [1.82, 2.24) is 5.43 Å². The second-order valence-electron chi connectivity index (χ2n) is 2.73. The molecule has 7 heteroatoms. The standard InChI is InChI=1S/C7H14N4O3/c1-2-3-4-7(12)10-9-6(8)5-11(13)14/h2-5H2,1H3,(H2,8,9)(H,10,12). The van der Waals surface area contributed by atoms with E-state index < -0.39 is 11.5 Å². The number of amides is 1. The number of rotatable bonds is 6. The molecule has 0 unspecified atom stereocenters. The fraction of sp³-hybridized carbons (Fsp3) is 0.714. The number of nitrogens with one attached hydrogen (secondary N) is 1. The van der Waals surface area contributed by atoms with Gasteiger partial charge in [-0.3, -0.25) is 14.9 Å². The first-order chi connectivity index (χ1) is 6.56. The number of nitrogens with two attached hydrogens (primary N) is 1. The summed E-state index contributed by atoms with van der Waals surface area (Å²) in [7, 11) is 0. The summed E-state index contributed by atoms with van der Waals surface area (Å²) in [6, 6.07) is 0. The van der Waals surface area contributed by atoms with Crippen molar-refractivity contribution >= 4 is 11.7 Å². The van der Waals surface area contributed by atoms with Gasteiger partial charge in [-0.15, -0.1) is 0 Å². The first-order valence-corrected chi connectivity index (χ1v) is 4.29. The Kier molecular flexibility index (Phi) is 6.01. The topological polar surface area (TPSA) is 111 Å². The number of nitrogens with zero attached hydrogens (tertiary/aromatic N) is 2. The van der Waals surface area contributed by atoms with Crippen molar-refractivity contribution in [3.8, 4) is 0 Å². The lowest BCUT2D eigenvalue weighted by Gasteiger charge is -1.98. The third-order valence-corrected chi connectivity index (χ3v) is 1.37. The van der Waals surface area contributed by atoms with Gasteiger partial charge in [0, 0.05) is 11.3 Å². The van der Waals surface area contributed by atoms with Crippen LogP contribution in [0.3, 0.4) is 0 Å². The average Bonchev–Trinajstić information content (AvgIpc) is 2.10. The zero-order valence-electron chi connectivity index (χ0n) is 8.02. The van der Waals surface area contributed by atoms with E-state index in [1.165, 1.54) is 0 Å². The highest BCUT2D eigenvalue weighted by Gasteiger charge is 2.03. The van der Waals surface area contributed by atoms with Gasteiger partial charge in [-0.25, -0.2) is 5.43 Å². The van der Waals surface area contributed by atoms with Crippen molar-refractivity contribution in [3.63, 3.8) is 0 Å². The lowest BCUT2D eigenvalue weighted by Crippen LogP contribution is -2.28. The van der Waals surface area contributed by atoms with Crippen molar-refractivity contribution in [2.24, 2.45) is 10.8 Å². The molecule has 0 bridgehead atoms. The molecular weight excluding hydrogens is 188 g/mol. The molecule has 0 aromatic heterocycles. The molecule has 0 radical (unpaired) electrons. The van der Waals surface area contributed by atoms with Crippen LogP contribution in [0.4, 0.5) is 0 Å². The quantitative estimate of drug-likeness (QED) is 0.270. The van der Waals surface area contributed by atoms with Crippen LogP contribution < -0.4 is 11.2 Å². The van der Waals surface area contributed by atoms with Crippen LogP contribution >= 0.6 is 0 Å². The minimum atomic E-state index is -0.614. The summed E-state index contributed by atoms with van der Waals surface area (Å²) in [6.07, 6.45) is 2.02. The number of carbonyl (C=O) groups is 1. The molecule has 7 nitrogen and oxygen atoms in total. The van der Waals surface area contributed by atoms with E-state index in [0.29, 0.717) is 6.42 Å². The molecule has 0 aliphatic heterocycles. The van der Waals surface area contributed by atoms with E-state index in [1.54, 1.807) is 0 Å². The van der Waals surface area contributed by atoms with Gasteiger partial charge in [-0.2, -0.15) is 5.10 Å². The molecule has 0 aliphatic carbocycles. The minimum absolute atomic E-state index is 0.208. The molecular formula is C7H14N4O3. The number of unbranched alkanes of at least 4 members (excludes halogenated alkanes) is 1. The molecule has 0 fully saturated rings. The van der Waals surface area contributed by atoms with Gasteiger partial charge in [-0.05, 0) is 6.42 Å². The van der Waals surface area contributed by atoms with Crippen LogP contribution in [0, 0.1) is 10.1 Å². The molecule has 14 heavy (non-hydrogen) atoms.